The van der Waals surface area contributed by atoms with Gasteiger partial charge in [-0.15, -0.1) is 0 Å². The first-order chi connectivity index (χ1) is 13.4. The number of benzene rings is 2. The van der Waals surface area contributed by atoms with Crippen LogP contribution in [0.2, 0.25) is 0 Å². The van der Waals surface area contributed by atoms with Crippen LogP contribution in [0.15, 0.2) is 59.6 Å². The van der Waals surface area contributed by atoms with Crippen LogP contribution in [-0.4, -0.2) is 42.2 Å². The number of amides is 1. The van der Waals surface area contributed by atoms with Gasteiger partial charge in [0.2, 0.25) is 5.91 Å². The average molecular weight is 381 g/mol. The lowest BCUT2D eigenvalue weighted by Gasteiger charge is -2.25. The highest BCUT2D eigenvalue weighted by Gasteiger charge is 2.22. The SMILES string of the molecule is CN(Cc1ccc(C(=N)N)cc1)C(=O)C(CCN=C(N)N)Nc1ccccc1. The zero-order chi connectivity index (χ0) is 20.5. The summed E-state index contributed by atoms with van der Waals surface area (Å²) in [4.78, 5) is 18.6. The molecule has 0 radical (unpaired) electrons. The lowest BCUT2D eigenvalue weighted by molar-refractivity contribution is -0.131. The fraction of sp³-hybridized carbons (Fsp3) is 0.250. The quantitative estimate of drug-likeness (QED) is 0.326. The van der Waals surface area contributed by atoms with E-state index in [0.717, 1.165) is 11.3 Å². The number of aliphatic imine (C=N–C) groups is 1. The van der Waals surface area contributed by atoms with Gasteiger partial charge in [0.15, 0.2) is 5.96 Å². The standard InChI is InChI=1S/C20H27N7O/c1-27(13-14-7-9-15(10-8-14)18(21)22)19(28)17(11-12-25-20(23)24)26-16-5-3-2-4-6-16/h2-10,17,26H,11-13H2,1H3,(H3,21,22)(H4,23,24,25). The molecule has 0 aliphatic carbocycles. The second-order valence-corrected chi connectivity index (χ2v) is 6.46. The van der Waals surface area contributed by atoms with Crippen LogP contribution < -0.4 is 22.5 Å². The Morgan fingerprint density at radius 1 is 1.11 bits per heavy atom. The normalized spacial score (nSPS) is 11.3. The highest BCUT2D eigenvalue weighted by molar-refractivity contribution is 5.94. The number of amidine groups is 1. The van der Waals surface area contributed by atoms with Crippen LogP contribution in [0.4, 0.5) is 5.69 Å². The summed E-state index contributed by atoms with van der Waals surface area (Å²) < 4.78 is 0. The van der Waals surface area contributed by atoms with E-state index in [9.17, 15) is 4.79 Å². The molecule has 1 atom stereocenters. The summed E-state index contributed by atoms with van der Waals surface area (Å²) in [6.07, 6.45) is 0.458. The van der Waals surface area contributed by atoms with Crippen molar-refractivity contribution in [3.8, 4) is 0 Å². The van der Waals surface area contributed by atoms with E-state index in [-0.39, 0.29) is 17.7 Å². The Hall–Kier alpha value is -3.55. The summed E-state index contributed by atoms with van der Waals surface area (Å²) in [5, 5.41) is 10.7. The minimum Gasteiger partial charge on any atom is -0.384 e. The molecule has 1 amide bonds. The number of nitrogen functional groups attached to an aromatic ring is 1. The van der Waals surface area contributed by atoms with Gasteiger partial charge in [0.25, 0.3) is 0 Å². The summed E-state index contributed by atoms with van der Waals surface area (Å²) in [6, 6.07) is 16.3. The highest BCUT2D eigenvalue weighted by atomic mass is 16.2. The molecule has 148 valence electrons. The first kappa shape index (κ1) is 20.8. The smallest absolute Gasteiger partial charge is 0.245 e. The summed E-state index contributed by atoms with van der Waals surface area (Å²) in [5.41, 5.74) is 18.7. The number of likely N-dealkylation sites (N-methyl/N-ethyl adjacent to an activating group) is 1. The number of carbonyl (C=O) groups excluding carboxylic acids is 1. The van der Waals surface area contributed by atoms with Crippen LogP contribution in [-0.2, 0) is 11.3 Å². The number of carbonyl (C=O) groups is 1. The maximum Gasteiger partial charge on any atom is 0.245 e. The van der Waals surface area contributed by atoms with Crippen molar-refractivity contribution in [1.82, 2.24) is 4.90 Å². The van der Waals surface area contributed by atoms with Gasteiger partial charge in [-0.1, -0.05) is 42.5 Å². The van der Waals surface area contributed by atoms with E-state index >= 15 is 0 Å². The lowest BCUT2D eigenvalue weighted by Crippen LogP contribution is -2.41. The second-order valence-electron chi connectivity index (χ2n) is 6.46. The minimum atomic E-state index is -0.466. The predicted molar refractivity (Wildman–Crippen MR) is 113 cm³/mol. The Kier molecular flexibility index (Phi) is 7.38. The van der Waals surface area contributed by atoms with Gasteiger partial charge in [-0.3, -0.25) is 15.2 Å². The monoisotopic (exact) mass is 381 g/mol. The third-order valence-corrected chi connectivity index (χ3v) is 4.19. The predicted octanol–water partition coefficient (Wildman–Crippen LogP) is 1.07. The maximum absolute atomic E-state index is 13.0. The van der Waals surface area contributed by atoms with Crippen molar-refractivity contribution < 1.29 is 4.79 Å². The van der Waals surface area contributed by atoms with Gasteiger partial charge in [-0.05, 0) is 24.1 Å². The van der Waals surface area contributed by atoms with E-state index in [0.29, 0.717) is 25.1 Å². The molecule has 0 aliphatic heterocycles. The summed E-state index contributed by atoms with van der Waals surface area (Å²) >= 11 is 0. The van der Waals surface area contributed by atoms with Gasteiger partial charge < -0.3 is 27.4 Å². The Balaban J connectivity index is 2.07. The van der Waals surface area contributed by atoms with Crippen LogP contribution in [0.25, 0.3) is 0 Å². The van der Waals surface area contributed by atoms with Gasteiger partial charge in [0.1, 0.15) is 11.9 Å². The molecular weight excluding hydrogens is 354 g/mol. The summed E-state index contributed by atoms with van der Waals surface area (Å²) in [5.74, 6) is -0.0436. The van der Waals surface area contributed by atoms with Crippen molar-refractivity contribution in [2.75, 3.05) is 18.9 Å². The Morgan fingerprint density at radius 2 is 1.75 bits per heavy atom. The molecule has 8 nitrogen and oxygen atoms in total. The molecule has 0 aromatic heterocycles. The van der Waals surface area contributed by atoms with Crippen molar-refractivity contribution >= 4 is 23.4 Å². The van der Waals surface area contributed by atoms with Crippen LogP contribution in [0.1, 0.15) is 17.5 Å². The van der Waals surface area contributed by atoms with E-state index in [4.69, 9.17) is 22.6 Å². The number of nitrogens with zero attached hydrogens (tertiary/aromatic N) is 2. The van der Waals surface area contributed by atoms with Gasteiger partial charge in [0.05, 0.1) is 0 Å². The van der Waals surface area contributed by atoms with E-state index in [1.807, 2.05) is 42.5 Å². The molecule has 8 heteroatoms. The number of para-hydroxylation sites is 1. The van der Waals surface area contributed by atoms with Crippen molar-refractivity contribution in [2.45, 2.75) is 19.0 Å². The van der Waals surface area contributed by atoms with Gasteiger partial charge in [-0.2, -0.15) is 0 Å². The molecular formula is C20H27N7O. The summed E-state index contributed by atoms with van der Waals surface area (Å²) in [7, 11) is 1.75. The zero-order valence-corrected chi connectivity index (χ0v) is 15.9. The molecule has 2 rings (SSSR count). The van der Waals surface area contributed by atoms with Crippen LogP contribution >= 0.6 is 0 Å². The second kappa shape index (κ2) is 9.96. The van der Waals surface area contributed by atoms with E-state index < -0.39 is 6.04 Å². The van der Waals surface area contributed by atoms with Crippen molar-refractivity contribution in [3.05, 3.63) is 65.7 Å². The van der Waals surface area contributed by atoms with E-state index in [1.54, 1.807) is 24.1 Å². The zero-order valence-electron chi connectivity index (χ0n) is 15.9. The molecule has 0 bridgehead atoms. The van der Waals surface area contributed by atoms with Gasteiger partial charge in [-0.25, -0.2) is 0 Å². The molecule has 2 aromatic carbocycles. The Morgan fingerprint density at radius 3 is 2.32 bits per heavy atom. The molecule has 8 N–H and O–H groups in total. The largest absolute Gasteiger partial charge is 0.384 e. The third-order valence-electron chi connectivity index (χ3n) is 4.19. The molecule has 0 heterocycles. The number of hydrogen-bond acceptors (Lipinski definition) is 4. The average Bonchev–Trinajstić information content (AvgIpc) is 2.67. The number of hydrogen-bond donors (Lipinski definition) is 5. The fourth-order valence-corrected chi connectivity index (χ4v) is 2.72. The fourth-order valence-electron chi connectivity index (χ4n) is 2.72. The maximum atomic E-state index is 13.0. The van der Waals surface area contributed by atoms with Crippen LogP contribution in [0, 0.1) is 5.41 Å². The first-order valence-corrected chi connectivity index (χ1v) is 8.92. The molecule has 0 spiro atoms. The molecule has 1 unspecified atom stereocenters. The van der Waals surface area contributed by atoms with Gasteiger partial charge in [0, 0.05) is 31.4 Å². The molecule has 28 heavy (non-hydrogen) atoms. The number of nitrogens with one attached hydrogen (secondary N) is 2. The molecule has 0 saturated heterocycles. The van der Waals surface area contributed by atoms with Crippen LogP contribution in [0.3, 0.4) is 0 Å². The number of guanidine groups is 1. The minimum absolute atomic E-state index is 0.00447. The molecule has 0 saturated carbocycles. The van der Waals surface area contributed by atoms with E-state index in [1.165, 1.54) is 0 Å². The summed E-state index contributed by atoms with van der Waals surface area (Å²) in [6.45, 7) is 0.784. The lowest BCUT2D eigenvalue weighted by atomic mass is 10.1. The van der Waals surface area contributed by atoms with Gasteiger partial charge >= 0.3 is 0 Å². The number of anilines is 1. The van der Waals surface area contributed by atoms with Crippen molar-refractivity contribution in [3.63, 3.8) is 0 Å². The van der Waals surface area contributed by atoms with E-state index in [2.05, 4.69) is 10.3 Å². The first-order valence-electron chi connectivity index (χ1n) is 8.92. The third kappa shape index (κ3) is 6.31. The van der Waals surface area contributed by atoms with Crippen LogP contribution in [0.5, 0.6) is 0 Å². The number of nitrogens with two attached hydrogens (primary N) is 3. The number of rotatable bonds is 9. The topological polar surface area (TPSA) is 147 Å². The molecule has 0 fully saturated rings. The van der Waals surface area contributed by atoms with Crippen molar-refractivity contribution in [2.24, 2.45) is 22.2 Å². The highest BCUT2D eigenvalue weighted by Crippen LogP contribution is 2.13. The Labute approximate surface area is 164 Å². The molecule has 2 aromatic rings. The van der Waals surface area contributed by atoms with Crippen molar-refractivity contribution in [1.29, 1.82) is 5.41 Å². The molecule has 0 aliphatic rings. The Bertz CT molecular complexity index is 814.